The lowest BCUT2D eigenvalue weighted by Crippen LogP contribution is -2.44. The molecule has 6 nitrogen and oxygen atoms in total. The molecular weight excluding hydrogens is 318 g/mol. The van der Waals surface area contributed by atoms with Gasteiger partial charge in [0.2, 0.25) is 17.7 Å². The lowest BCUT2D eigenvalue weighted by molar-refractivity contribution is -0.138. The number of hydrogen-bond donors (Lipinski definition) is 2. The predicted octanol–water partition coefficient (Wildman–Crippen LogP) is 0.984. The zero-order chi connectivity index (χ0) is 15.5. The van der Waals surface area contributed by atoms with E-state index in [-0.39, 0.29) is 36.2 Å². The summed E-state index contributed by atoms with van der Waals surface area (Å²) in [4.78, 5) is 36.5. The molecule has 7 heteroatoms. The van der Waals surface area contributed by atoms with Crippen LogP contribution in [-0.2, 0) is 14.4 Å². The highest BCUT2D eigenvalue weighted by atomic mass is 35.5. The first-order valence-electron chi connectivity index (χ1n) is 8.52. The van der Waals surface area contributed by atoms with Gasteiger partial charge in [0.1, 0.15) is 0 Å². The Kier molecular flexibility index (Phi) is 6.41. The van der Waals surface area contributed by atoms with Crippen molar-refractivity contribution in [3.05, 3.63) is 0 Å². The highest BCUT2D eigenvalue weighted by Crippen LogP contribution is 2.33. The number of nitrogens with zero attached hydrogens (tertiary/aromatic N) is 1. The Balaban J connectivity index is 0.00000192. The molecule has 130 valence electrons. The monoisotopic (exact) mass is 343 g/mol. The van der Waals surface area contributed by atoms with E-state index >= 15 is 0 Å². The first-order chi connectivity index (χ1) is 10.6. The molecule has 23 heavy (non-hydrogen) atoms. The largest absolute Gasteiger partial charge is 0.355 e. The van der Waals surface area contributed by atoms with Crippen LogP contribution in [0.25, 0.3) is 0 Å². The minimum absolute atomic E-state index is 0. The van der Waals surface area contributed by atoms with E-state index in [1.165, 1.54) is 30.6 Å². The predicted molar refractivity (Wildman–Crippen MR) is 88.1 cm³/mol. The van der Waals surface area contributed by atoms with E-state index in [4.69, 9.17) is 0 Å². The van der Waals surface area contributed by atoms with Crippen LogP contribution >= 0.6 is 12.4 Å². The zero-order valence-corrected chi connectivity index (χ0v) is 14.2. The fourth-order valence-electron chi connectivity index (χ4n) is 3.97. The van der Waals surface area contributed by atoms with E-state index < -0.39 is 0 Å². The highest BCUT2D eigenvalue weighted by Gasteiger charge is 2.38. The molecule has 3 amide bonds. The summed E-state index contributed by atoms with van der Waals surface area (Å²) in [6.07, 6.45) is 7.21. The molecule has 3 rings (SSSR count). The van der Waals surface area contributed by atoms with Gasteiger partial charge < -0.3 is 10.6 Å². The molecule has 3 unspecified atom stereocenters. The molecular formula is C16H26ClN3O3. The Hall–Kier alpha value is -1.14. The van der Waals surface area contributed by atoms with E-state index in [9.17, 15) is 14.4 Å². The Bertz CT molecular complexity index is 441. The van der Waals surface area contributed by atoms with Crippen LogP contribution in [0.15, 0.2) is 0 Å². The summed E-state index contributed by atoms with van der Waals surface area (Å²) in [6.45, 7) is 0.935. The molecule has 1 saturated carbocycles. The van der Waals surface area contributed by atoms with Crippen LogP contribution in [0.3, 0.4) is 0 Å². The molecule has 0 aromatic rings. The fourth-order valence-corrected chi connectivity index (χ4v) is 3.97. The van der Waals surface area contributed by atoms with Gasteiger partial charge in [0.25, 0.3) is 0 Å². The van der Waals surface area contributed by atoms with Crippen LogP contribution in [0.4, 0.5) is 0 Å². The van der Waals surface area contributed by atoms with E-state index in [0.29, 0.717) is 44.3 Å². The minimum Gasteiger partial charge on any atom is -0.355 e. The van der Waals surface area contributed by atoms with Crippen molar-refractivity contribution in [2.75, 3.05) is 13.1 Å². The van der Waals surface area contributed by atoms with Gasteiger partial charge in [0.15, 0.2) is 0 Å². The second kappa shape index (κ2) is 8.11. The molecule has 0 radical (unpaired) electrons. The van der Waals surface area contributed by atoms with Gasteiger partial charge in [-0.15, -0.1) is 12.4 Å². The number of rotatable bonds is 5. The van der Waals surface area contributed by atoms with Crippen molar-refractivity contribution in [2.24, 2.45) is 5.92 Å². The summed E-state index contributed by atoms with van der Waals surface area (Å²) in [5.41, 5.74) is 0. The third-order valence-corrected chi connectivity index (χ3v) is 5.19. The van der Waals surface area contributed by atoms with Crippen LogP contribution in [0.5, 0.6) is 0 Å². The number of hydrogen-bond acceptors (Lipinski definition) is 4. The van der Waals surface area contributed by atoms with Crippen LogP contribution in [0, 0.1) is 5.92 Å². The van der Waals surface area contributed by atoms with Gasteiger partial charge in [-0.25, -0.2) is 0 Å². The van der Waals surface area contributed by atoms with Crippen LogP contribution in [0.2, 0.25) is 0 Å². The van der Waals surface area contributed by atoms with Gasteiger partial charge in [-0.05, 0) is 31.6 Å². The molecule has 1 aliphatic carbocycles. The Labute approximate surface area is 143 Å². The number of fused-ring (bicyclic) bond motifs is 1. The number of halogens is 1. The van der Waals surface area contributed by atoms with Crippen molar-refractivity contribution < 1.29 is 14.4 Å². The van der Waals surface area contributed by atoms with Crippen molar-refractivity contribution in [2.45, 2.75) is 63.5 Å². The highest BCUT2D eigenvalue weighted by molar-refractivity contribution is 6.01. The maximum atomic E-state index is 12.2. The van der Waals surface area contributed by atoms with Gasteiger partial charge in [-0.1, -0.05) is 12.8 Å². The lowest BCUT2D eigenvalue weighted by atomic mass is 9.85. The summed E-state index contributed by atoms with van der Waals surface area (Å²) in [5, 5.41) is 6.40. The minimum atomic E-state index is -0.0853. The second-order valence-corrected chi connectivity index (χ2v) is 6.69. The molecule has 3 fully saturated rings. The molecule has 2 N–H and O–H groups in total. The number of imide groups is 1. The third-order valence-electron chi connectivity index (χ3n) is 5.19. The van der Waals surface area contributed by atoms with Crippen molar-refractivity contribution in [1.82, 2.24) is 15.5 Å². The molecule has 0 bridgehead atoms. The normalized spacial score (nSPS) is 30.1. The number of carbonyl (C=O) groups excluding carboxylic acids is 3. The number of nitrogens with one attached hydrogen (secondary N) is 2. The molecule has 0 spiro atoms. The molecule has 0 aromatic heterocycles. The quantitative estimate of drug-likeness (QED) is 0.576. The average Bonchev–Trinajstić information content (AvgIpc) is 3.08. The number of likely N-dealkylation sites (tertiary alicyclic amines) is 1. The fraction of sp³-hybridized carbons (Fsp3) is 0.812. The van der Waals surface area contributed by atoms with Crippen molar-refractivity contribution in [3.8, 4) is 0 Å². The topological polar surface area (TPSA) is 78.5 Å². The SMILES string of the molecule is Cl.O=C(NCCCN1C(=O)CCC1=O)C1CC2CCCCC2N1. The van der Waals surface area contributed by atoms with E-state index in [1.807, 2.05) is 0 Å². The van der Waals surface area contributed by atoms with Crippen molar-refractivity contribution >= 4 is 30.1 Å². The van der Waals surface area contributed by atoms with Crippen molar-refractivity contribution in [1.29, 1.82) is 0 Å². The first-order valence-corrected chi connectivity index (χ1v) is 8.52. The van der Waals surface area contributed by atoms with Crippen LogP contribution in [0.1, 0.15) is 51.4 Å². The van der Waals surface area contributed by atoms with E-state index in [2.05, 4.69) is 10.6 Å². The number of carbonyl (C=O) groups is 3. The molecule has 0 aromatic carbocycles. The van der Waals surface area contributed by atoms with Gasteiger partial charge in [-0.3, -0.25) is 19.3 Å². The summed E-state index contributed by atoms with van der Waals surface area (Å²) < 4.78 is 0. The Morgan fingerprint density at radius 1 is 1.17 bits per heavy atom. The molecule has 2 saturated heterocycles. The number of amides is 3. The summed E-state index contributed by atoms with van der Waals surface area (Å²) >= 11 is 0. The van der Waals surface area contributed by atoms with Gasteiger partial charge in [0.05, 0.1) is 6.04 Å². The third kappa shape index (κ3) is 4.23. The maximum absolute atomic E-state index is 12.2. The second-order valence-electron chi connectivity index (χ2n) is 6.69. The summed E-state index contributed by atoms with van der Waals surface area (Å²) in [7, 11) is 0. The first kappa shape index (κ1) is 18.2. The molecule has 3 aliphatic rings. The smallest absolute Gasteiger partial charge is 0.237 e. The average molecular weight is 344 g/mol. The summed E-state index contributed by atoms with van der Waals surface area (Å²) in [5.74, 6) is 0.550. The standard InChI is InChI=1S/C16H25N3O3.ClH/c20-14-6-7-15(21)19(14)9-3-8-17-16(22)13-10-11-4-1-2-5-12(11)18-13;/h11-13,18H,1-10H2,(H,17,22);1H. The Morgan fingerprint density at radius 2 is 1.87 bits per heavy atom. The van der Waals surface area contributed by atoms with Crippen LogP contribution in [-0.4, -0.2) is 47.8 Å². The van der Waals surface area contributed by atoms with E-state index in [0.717, 1.165) is 6.42 Å². The maximum Gasteiger partial charge on any atom is 0.237 e. The van der Waals surface area contributed by atoms with E-state index in [1.54, 1.807) is 0 Å². The lowest BCUT2D eigenvalue weighted by Gasteiger charge is -2.24. The summed E-state index contributed by atoms with van der Waals surface area (Å²) in [6, 6.07) is 0.451. The van der Waals surface area contributed by atoms with Crippen molar-refractivity contribution in [3.63, 3.8) is 0 Å². The van der Waals surface area contributed by atoms with Gasteiger partial charge in [-0.2, -0.15) is 0 Å². The molecule has 2 aliphatic heterocycles. The molecule has 3 atom stereocenters. The van der Waals surface area contributed by atoms with Gasteiger partial charge in [0, 0.05) is 32.0 Å². The van der Waals surface area contributed by atoms with Gasteiger partial charge >= 0.3 is 0 Å². The van der Waals surface area contributed by atoms with Crippen LogP contribution < -0.4 is 10.6 Å². The zero-order valence-electron chi connectivity index (χ0n) is 13.4. The Morgan fingerprint density at radius 3 is 2.57 bits per heavy atom. The molecule has 2 heterocycles.